The highest BCUT2D eigenvalue weighted by Gasteiger charge is 2.23. The molecule has 7 nitrogen and oxygen atoms in total. The molecule has 1 amide bonds. The molecule has 0 radical (unpaired) electrons. The van der Waals surface area contributed by atoms with Crippen molar-refractivity contribution in [3.05, 3.63) is 93.8 Å². The van der Waals surface area contributed by atoms with Crippen LogP contribution in [0.4, 0.5) is 4.39 Å². The molecule has 0 aliphatic carbocycles. The summed E-state index contributed by atoms with van der Waals surface area (Å²) < 4.78 is 17.3. The van der Waals surface area contributed by atoms with E-state index >= 15 is 0 Å². The standard InChI is InChI=1S/C23H20FN5O2/c1-28-11-9-25-21(28)20(14-4-2-5-16(24)12-14)27-22(30)15-7-8-17-18(13-15)26-19-6-3-10-29(19)23(17)31/h2,4-5,7-9,11-13,20H,3,6,10H2,1H3,(H,27,30)/t20-/m0/s1. The SMILES string of the molecule is Cn1ccnc1[C@@H](NC(=O)c1ccc2c(=O)n3c(nc2c1)CCC3)c1cccc(F)c1. The van der Waals surface area contributed by atoms with Crippen molar-refractivity contribution in [2.45, 2.75) is 25.4 Å². The zero-order valence-electron chi connectivity index (χ0n) is 16.9. The molecule has 0 bridgehead atoms. The van der Waals surface area contributed by atoms with E-state index in [9.17, 15) is 14.0 Å². The van der Waals surface area contributed by atoms with Crippen molar-refractivity contribution >= 4 is 16.8 Å². The summed E-state index contributed by atoms with van der Waals surface area (Å²) in [5.41, 5.74) is 1.38. The van der Waals surface area contributed by atoms with Crippen LogP contribution in [0.5, 0.6) is 0 Å². The zero-order valence-corrected chi connectivity index (χ0v) is 16.9. The summed E-state index contributed by atoms with van der Waals surface area (Å²) in [5, 5.41) is 3.45. The summed E-state index contributed by atoms with van der Waals surface area (Å²) in [6.45, 7) is 0.679. The van der Waals surface area contributed by atoms with Crippen LogP contribution in [0.15, 0.2) is 59.7 Å². The fraction of sp³-hybridized carbons (Fsp3) is 0.217. The Kier molecular flexibility index (Phi) is 4.62. The first-order chi connectivity index (χ1) is 15.0. The first kappa shape index (κ1) is 19.2. The highest BCUT2D eigenvalue weighted by atomic mass is 19.1. The molecule has 1 atom stereocenters. The molecule has 8 heteroatoms. The van der Waals surface area contributed by atoms with Gasteiger partial charge in [0.1, 0.15) is 23.5 Å². The lowest BCUT2D eigenvalue weighted by Gasteiger charge is -2.19. The maximum atomic E-state index is 13.9. The number of rotatable bonds is 4. The molecule has 0 spiro atoms. The van der Waals surface area contributed by atoms with E-state index in [4.69, 9.17) is 0 Å². The summed E-state index contributed by atoms with van der Waals surface area (Å²) in [7, 11) is 1.81. The molecule has 0 fully saturated rings. The minimum atomic E-state index is -0.641. The molecule has 1 aliphatic heterocycles. The van der Waals surface area contributed by atoms with Crippen LogP contribution < -0.4 is 10.9 Å². The second kappa shape index (κ2) is 7.46. The lowest BCUT2D eigenvalue weighted by molar-refractivity contribution is 0.0941. The summed E-state index contributed by atoms with van der Waals surface area (Å²) in [4.78, 5) is 34.7. The van der Waals surface area contributed by atoms with Gasteiger partial charge in [0.25, 0.3) is 11.5 Å². The second-order valence-electron chi connectivity index (χ2n) is 7.68. The minimum absolute atomic E-state index is 0.0740. The molecule has 0 unspecified atom stereocenters. The van der Waals surface area contributed by atoms with Gasteiger partial charge in [-0.05, 0) is 42.3 Å². The number of hydrogen-bond donors (Lipinski definition) is 1. The molecule has 156 valence electrons. The summed E-state index contributed by atoms with van der Waals surface area (Å²) in [6.07, 6.45) is 5.04. The quantitative estimate of drug-likeness (QED) is 0.554. The molecule has 3 heterocycles. The number of carbonyl (C=O) groups is 1. The molecule has 4 aromatic rings. The van der Waals surface area contributed by atoms with Gasteiger partial charge >= 0.3 is 0 Å². The van der Waals surface area contributed by atoms with E-state index in [1.54, 1.807) is 51.9 Å². The molecular formula is C23H20FN5O2. The Morgan fingerprint density at radius 2 is 2.10 bits per heavy atom. The van der Waals surface area contributed by atoms with Crippen LogP contribution in [-0.4, -0.2) is 25.0 Å². The number of aryl methyl sites for hydroxylation is 2. The predicted molar refractivity (Wildman–Crippen MR) is 113 cm³/mol. The van der Waals surface area contributed by atoms with Crippen LogP contribution in [0.3, 0.4) is 0 Å². The van der Waals surface area contributed by atoms with Crippen molar-refractivity contribution in [1.29, 1.82) is 0 Å². The van der Waals surface area contributed by atoms with Gasteiger partial charge in [-0.2, -0.15) is 0 Å². The van der Waals surface area contributed by atoms with Gasteiger partial charge in [0.2, 0.25) is 0 Å². The number of carbonyl (C=O) groups excluding carboxylic acids is 1. The number of imidazole rings is 1. The first-order valence-corrected chi connectivity index (χ1v) is 10.1. The van der Waals surface area contributed by atoms with Gasteiger partial charge < -0.3 is 9.88 Å². The molecule has 5 rings (SSSR count). The lowest BCUT2D eigenvalue weighted by atomic mass is 10.0. The van der Waals surface area contributed by atoms with Crippen LogP contribution in [0.25, 0.3) is 10.9 Å². The topological polar surface area (TPSA) is 81.8 Å². The third-order valence-electron chi connectivity index (χ3n) is 5.65. The van der Waals surface area contributed by atoms with Gasteiger partial charge in [-0.1, -0.05) is 12.1 Å². The van der Waals surface area contributed by atoms with Crippen LogP contribution in [0.1, 0.15) is 40.0 Å². The maximum Gasteiger partial charge on any atom is 0.261 e. The van der Waals surface area contributed by atoms with E-state index < -0.39 is 11.9 Å². The number of halogens is 1. The third kappa shape index (κ3) is 3.39. The predicted octanol–water partition coefficient (Wildman–Crippen LogP) is 2.73. The minimum Gasteiger partial charge on any atom is -0.338 e. The van der Waals surface area contributed by atoms with E-state index in [2.05, 4.69) is 15.3 Å². The lowest BCUT2D eigenvalue weighted by Crippen LogP contribution is -2.31. The van der Waals surface area contributed by atoms with Gasteiger partial charge in [0.05, 0.1) is 10.9 Å². The number of amides is 1. The van der Waals surface area contributed by atoms with Crippen LogP contribution in [-0.2, 0) is 20.0 Å². The van der Waals surface area contributed by atoms with E-state index in [1.165, 1.54) is 12.1 Å². The van der Waals surface area contributed by atoms with Crippen molar-refractivity contribution in [1.82, 2.24) is 24.4 Å². The zero-order chi connectivity index (χ0) is 21.5. The van der Waals surface area contributed by atoms with Crippen molar-refractivity contribution in [3.63, 3.8) is 0 Å². The largest absolute Gasteiger partial charge is 0.338 e. The normalized spacial score (nSPS) is 13.9. The van der Waals surface area contributed by atoms with Crippen molar-refractivity contribution < 1.29 is 9.18 Å². The molecule has 1 N–H and O–H groups in total. The average Bonchev–Trinajstić information content (AvgIpc) is 3.40. The summed E-state index contributed by atoms with van der Waals surface area (Å²) >= 11 is 0. The smallest absolute Gasteiger partial charge is 0.261 e. The molecule has 2 aromatic carbocycles. The molecule has 2 aromatic heterocycles. The van der Waals surface area contributed by atoms with Crippen LogP contribution in [0, 0.1) is 5.82 Å². The van der Waals surface area contributed by atoms with E-state index in [-0.39, 0.29) is 11.5 Å². The Hall–Kier alpha value is -3.81. The van der Waals surface area contributed by atoms with Gasteiger partial charge in [-0.3, -0.25) is 14.2 Å². The number of aromatic nitrogens is 4. The number of nitrogens with one attached hydrogen (secondary N) is 1. The van der Waals surface area contributed by atoms with Crippen molar-refractivity contribution in [2.24, 2.45) is 7.05 Å². The second-order valence-corrected chi connectivity index (χ2v) is 7.68. The van der Waals surface area contributed by atoms with Crippen LogP contribution in [0.2, 0.25) is 0 Å². The molecule has 1 aliphatic rings. The van der Waals surface area contributed by atoms with E-state index in [1.807, 2.05) is 7.05 Å². The third-order valence-corrected chi connectivity index (χ3v) is 5.65. The average molecular weight is 417 g/mol. The van der Waals surface area contributed by atoms with Gasteiger partial charge in [0, 0.05) is 38.0 Å². The Morgan fingerprint density at radius 1 is 1.23 bits per heavy atom. The molecule has 31 heavy (non-hydrogen) atoms. The van der Waals surface area contributed by atoms with Crippen molar-refractivity contribution in [2.75, 3.05) is 0 Å². The number of nitrogens with zero attached hydrogens (tertiary/aromatic N) is 4. The summed E-state index contributed by atoms with van der Waals surface area (Å²) in [5.74, 6) is 0.575. The van der Waals surface area contributed by atoms with Gasteiger partial charge in [0.15, 0.2) is 0 Å². The molecule has 0 saturated heterocycles. The first-order valence-electron chi connectivity index (χ1n) is 10.1. The van der Waals surface area contributed by atoms with Crippen LogP contribution >= 0.6 is 0 Å². The summed E-state index contributed by atoms with van der Waals surface area (Å²) in [6, 6.07) is 10.3. The molecular weight excluding hydrogens is 397 g/mol. The highest BCUT2D eigenvalue weighted by Crippen LogP contribution is 2.23. The Balaban J connectivity index is 1.52. The van der Waals surface area contributed by atoms with Crippen molar-refractivity contribution in [3.8, 4) is 0 Å². The number of benzene rings is 2. The number of hydrogen-bond acceptors (Lipinski definition) is 4. The van der Waals surface area contributed by atoms with Gasteiger partial charge in [-0.25, -0.2) is 14.4 Å². The highest BCUT2D eigenvalue weighted by molar-refractivity contribution is 5.98. The fourth-order valence-corrected chi connectivity index (χ4v) is 4.08. The Labute approximate surface area is 177 Å². The fourth-order valence-electron chi connectivity index (χ4n) is 4.08. The number of fused-ring (bicyclic) bond motifs is 2. The molecule has 0 saturated carbocycles. The van der Waals surface area contributed by atoms with Gasteiger partial charge in [-0.15, -0.1) is 0 Å². The van der Waals surface area contributed by atoms with E-state index in [0.717, 1.165) is 18.7 Å². The maximum absolute atomic E-state index is 13.9. The Morgan fingerprint density at radius 3 is 2.87 bits per heavy atom. The van der Waals surface area contributed by atoms with E-state index in [0.29, 0.717) is 34.4 Å². The monoisotopic (exact) mass is 417 g/mol. The Bertz CT molecular complexity index is 1370.